The zero-order valence-corrected chi connectivity index (χ0v) is 10.9. The van der Waals surface area contributed by atoms with Gasteiger partial charge in [0.2, 0.25) is 0 Å². The molecule has 0 saturated heterocycles. The lowest BCUT2D eigenvalue weighted by Gasteiger charge is -2.35. The highest BCUT2D eigenvalue weighted by Gasteiger charge is 2.39. The molecule has 1 unspecified atom stereocenters. The summed E-state index contributed by atoms with van der Waals surface area (Å²) in [6.07, 6.45) is -1.11. The topological polar surface area (TPSA) is 41.3 Å². The van der Waals surface area contributed by atoms with Gasteiger partial charge in [-0.25, -0.2) is 0 Å². The van der Waals surface area contributed by atoms with Gasteiger partial charge in [-0.05, 0) is 40.2 Å². The molecule has 0 radical (unpaired) electrons. The van der Waals surface area contributed by atoms with Crippen molar-refractivity contribution >= 4 is 0 Å². The number of likely N-dealkylation sites (N-methyl/N-ethyl adjacent to an activating group) is 1. The Balaban J connectivity index is 2.99. The van der Waals surface area contributed by atoms with Crippen molar-refractivity contribution in [1.82, 2.24) is 10.2 Å². The Morgan fingerprint density at radius 1 is 1.44 bits per heavy atom. The van der Waals surface area contributed by atoms with Crippen LogP contribution >= 0.6 is 0 Å². The van der Waals surface area contributed by atoms with Crippen molar-refractivity contribution in [3.8, 4) is 0 Å². The van der Waals surface area contributed by atoms with Crippen LogP contribution in [0.25, 0.3) is 0 Å². The molecule has 1 rings (SSSR count). The smallest absolute Gasteiger partial charge is 0.402 e. The lowest BCUT2D eigenvalue weighted by Crippen LogP contribution is -2.46. The first-order chi connectivity index (χ1) is 8.18. The van der Waals surface area contributed by atoms with E-state index in [0.29, 0.717) is 19.4 Å². The normalized spacial score (nSPS) is 25.1. The standard InChI is InChI=1S/C12H20F3N3/c1-17-11(4-5-18(2)3)7-9(12(13,14)15)6-10(16)8-11/h6-7,17H,4-5,8,16H2,1-3H3. The van der Waals surface area contributed by atoms with Crippen molar-refractivity contribution < 1.29 is 13.2 Å². The third kappa shape index (κ3) is 3.74. The predicted octanol–water partition coefficient (Wildman–Crippen LogP) is 1.63. The molecular weight excluding hydrogens is 243 g/mol. The van der Waals surface area contributed by atoms with Crippen LogP contribution in [0.4, 0.5) is 13.2 Å². The second-order valence-corrected chi connectivity index (χ2v) is 4.95. The van der Waals surface area contributed by atoms with Gasteiger partial charge >= 0.3 is 6.18 Å². The molecule has 0 heterocycles. The van der Waals surface area contributed by atoms with Crippen LogP contribution in [-0.2, 0) is 0 Å². The largest absolute Gasteiger partial charge is 0.416 e. The summed E-state index contributed by atoms with van der Waals surface area (Å²) in [6, 6.07) is 0. The summed E-state index contributed by atoms with van der Waals surface area (Å²) in [5, 5.41) is 2.98. The van der Waals surface area contributed by atoms with E-state index in [1.165, 1.54) is 6.08 Å². The maximum atomic E-state index is 12.8. The Kier molecular flexibility index (Phi) is 4.45. The second-order valence-electron chi connectivity index (χ2n) is 4.95. The van der Waals surface area contributed by atoms with Gasteiger partial charge in [0.25, 0.3) is 0 Å². The molecule has 1 aliphatic carbocycles. The number of hydrogen-bond donors (Lipinski definition) is 2. The van der Waals surface area contributed by atoms with E-state index in [1.54, 1.807) is 7.05 Å². The average molecular weight is 263 g/mol. The van der Waals surface area contributed by atoms with Crippen LogP contribution in [-0.4, -0.2) is 44.3 Å². The Morgan fingerprint density at radius 2 is 2.06 bits per heavy atom. The van der Waals surface area contributed by atoms with Gasteiger partial charge in [-0.15, -0.1) is 0 Å². The fourth-order valence-corrected chi connectivity index (χ4v) is 2.04. The van der Waals surface area contributed by atoms with Gasteiger partial charge in [0.05, 0.1) is 5.57 Å². The zero-order chi connectivity index (χ0) is 14.0. The third-order valence-corrected chi connectivity index (χ3v) is 3.12. The van der Waals surface area contributed by atoms with Gasteiger partial charge in [-0.2, -0.15) is 13.2 Å². The van der Waals surface area contributed by atoms with Crippen LogP contribution in [0.5, 0.6) is 0 Å². The number of nitrogens with zero attached hydrogens (tertiary/aromatic N) is 1. The Morgan fingerprint density at radius 3 is 2.50 bits per heavy atom. The highest BCUT2D eigenvalue weighted by molar-refractivity contribution is 5.36. The molecule has 0 aromatic heterocycles. The molecule has 0 spiro atoms. The molecule has 0 aromatic carbocycles. The molecule has 1 aliphatic rings. The van der Waals surface area contributed by atoms with E-state index in [4.69, 9.17) is 5.73 Å². The molecule has 0 amide bonds. The van der Waals surface area contributed by atoms with E-state index in [0.717, 1.165) is 6.08 Å². The van der Waals surface area contributed by atoms with Gasteiger partial charge in [0, 0.05) is 17.7 Å². The Bertz CT molecular complexity index is 358. The lowest BCUT2D eigenvalue weighted by atomic mass is 9.83. The number of hydrogen-bond acceptors (Lipinski definition) is 3. The summed E-state index contributed by atoms with van der Waals surface area (Å²) in [5.74, 6) is 0. The van der Waals surface area contributed by atoms with Crippen molar-refractivity contribution in [3.63, 3.8) is 0 Å². The number of nitrogens with two attached hydrogens (primary N) is 1. The van der Waals surface area contributed by atoms with Crippen molar-refractivity contribution in [2.75, 3.05) is 27.7 Å². The van der Waals surface area contributed by atoms with E-state index in [2.05, 4.69) is 5.32 Å². The monoisotopic (exact) mass is 263 g/mol. The zero-order valence-electron chi connectivity index (χ0n) is 10.9. The fourth-order valence-electron chi connectivity index (χ4n) is 2.04. The molecular formula is C12H20F3N3. The van der Waals surface area contributed by atoms with E-state index in [-0.39, 0.29) is 5.70 Å². The van der Waals surface area contributed by atoms with Gasteiger partial charge < -0.3 is 16.0 Å². The minimum Gasteiger partial charge on any atom is -0.402 e. The van der Waals surface area contributed by atoms with Gasteiger partial charge in [-0.3, -0.25) is 0 Å². The summed E-state index contributed by atoms with van der Waals surface area (Å²) in [7, 11) is 5.44. The summed E-state index contributed by atoms with van der Waals surface area (Å²) >= 11 is 0. The molecule has 0 aromatic rings. The van der Waals surface area contributed by atoms with Crippen LogP contribution in [0, 0.1) is 0 Å². The van der Waals surface area contributed by atoms with Crippen LogP contribution in [0.2, 0.25) is 0 Å². The van der Waals surface area contributed by atoms with Gasteiger partial charge in [-0.1, -0.05) is 6.08 Å². The molecule has 104 valence electrons. The second kappa shape index (κ2) is 5.32. The lowest BCUT2D eigenvalue weighted by molar-refractivity contribution is -0.0893. The Labute approximate surface area is 106 Å². The van der Waals surface area contributed by atoms with Crippen LogP contribution < -0.4 is 11.1 Å². The summed E-state index contributed by atoms with van der Waals surface area (Å²) < 4.78 is 38.4. The molecule has 3 N–H and O–H groups in total. The molecule has 0 aliphatic heterocycles. The molecule has 3 nitrogen and oxygen atoms in total. The molecule has 6 heteroatoms. The first-order valence-corrected chi connectivity index (χ1v) is 5.78. The minimum atomic E-state index is -4.36. The SMILES string of the molecule is CNC1(CCN(C)C)C=C(C(F)(F)F)C=C(N)C1. The summed E-state index contributed by atoms with van der Waals surface area (Å²) in [6.45, 7) is 0.690. The van der Waals surface area contributed by atoms with Crippen molar-refractivity contribution in [3.05, 3.63) is 23.4 Å². The first-order valence-electron chi connectivity index (χ1n) is 5.78. The molecule has 1 atom stereocenters. The van der Waals surface area contributed by atoms with Crippen molar-refractivity contribution in [2.45, 2.75) is 24.6 Å². The third-order valence-electron chi connectivity index (χ3n) is 3.12. The van der Waals surface area contributed by atoms with E-state index in [9.17, 15) is 13.2 Å². The van der Waals surface area contributed by atoms with E-state index >= 15 is 0 Å². The van der Waals surface area contributed by atoms with Gasteiger partial charge in [0.15, 0.2) is 0 Å². The average Bonchev–Trinajstić information content (AvgIpc) is 2.24. The van der Waals surface area contributed by atoms with Crippen LogP contribution in [0.1, 0.15) is 12.8 Å². The van der Waals surface area contributed by atoms with Crippen molar-refractivity contribution in [1.29, 1.82) is 0 Å². The maximum Gasteiger partial charge on any atom is 0.416 e. The highest BCUT2D eigenvalue weighted by atomic mass is 19.4. The number of rotatable bonds is 4. The molecule has 0 fully saturated rings. The molecule has 0 bridgehead atoms. The summed E-state index contributed by atoms with van der Waals surface area (Å²) in [5.41, 5.74) is 4.53. The quantitative estimate of drug-likeness (QED) is 0.810. The number of halogens is 3. The Hall–Kier alpha value is -1.01. The predicted molar refractivity (Wildman–Crippen MR) is 66.0 cm³/mol. The number of alkyl halides is 3. The number of nitrogens with one attached hydrogen (secondary N) is 1. The van der Waals surface area contributed by atoms with Gasteiger partial charge in [0.1, 0.15) is 0 Å². The van der Waals surface area contributed by atoms with E-state index < -0.39 is 17.3 Å². The highest BCUT2D eigenvalue weighted by Crippen LogP contribution is 2.35. The van der Waals surface area contributed by atoms with Crippen molar-refractivity contribution in [2.24, 2.45) is 5.73 Å². The first kappa shape index (κ1) is 15.0. The molecule has 18 heavy (non-hydrogen) atoms. The van der Waals surface area contributed by atoms with E-state index in [1.807, 2.05) is 19.0 Å². The maximum absolute atomic E-state index is 12.8. The summed E-state index contributed by atoms with van der Waals surface area (Å²) in [4.78, 5) is 1.94. The van der Waals surface area contributed by atoms with Crippen LogP contribution in [0.15, 0.2) is 23.4 Å². The minimum absolute atomic E-state index is 0.262. The number of allylic oxidation sites excluding steroid dienone is 2. The fraction of sp³-hybridized carbons (Fsp3) is 0.667. The van der Waals surface area contributed by atoms with Crippen LogP contribution in [0.3, 0.4) is 0 Å². The molecule has 0 saturated carbocycles.